The molecule has 0 bridgehead atoms. The molecule has 0 heterocycles. The summed E-state index contributed by atoms with van der Waals surface area (Å²) in [5.41, 5.74) is 0. The summed E-state index contributed by atoms with van der Waals surface area (Å²) in [5.74, 6) is 0.472. The van der Waals surface area contributed by atoms with E-state index in [0.29, 0.717) is 0 Å². The molecule has 80 valence electrons. The Morgan fingerprint density at radius 3 is 1.31 bits per heavy atom. The minimum Gasteiger partial charge on any atom is -0.370 e. The van der Waals surface area contributed by atoms with E-state index >= 15 is 0 Å². The van der Waals surface area contributed by atoms with Gasteiger partial charge in [-0.25, -0.2) is 0 Å². The average Bonchev–Trinajstić information content (AvgIpc) is 2.05. The SMILES string of the molecule is COC(NC(OC)[SiH](C)C)[SiH](C)C. The largest absolute Gasteiger partial charge is 0.370 e. The Kier molecular flexibility index (Phi) is 6.88. The third-order valence-corrected chi connectivity index (χ3v) is 5.40. The molecule has 0 aromatic rings. The second-order valence-corrected chi connectivity index (χ2v) is 10.2. The molecule has 0 amide bonds. The molecule has 0 aliphatic rings. The molecule has 3 nitrogen and oxygen atoms in total. The van der Waals surface area contributed by atoms with Gasteiger partial charge in [0.15, 0.2) is 0 Å². The number of hydrogen-bond acceptors (Lipinski definition) is 3. The van der Waals surface area contributed by atoms with Gasteiger partial charge in [0.1, 0.15) is 0 Å². The number of nitrogens with one attached hydrogen (secondary N) is 1. The number of hydrogen-bond donors (Lipinski definition) is 1. The van der Waals surface area contributed by atoms with E-state index in [1.807, 2.05) is 0 Å². The van der Waals surface area contributed by atoms with Crippen LogP contribution >= 0.6 is 0 Å². The molecular weight excluding hydrogens is 198 g/mol. The van der Waals surface area contributed by atoms with E-state index < -0.39 is 17.6 Å². The van der Waals surface area contributed by atoms with Crippen LogP contribution in [0, 0.1) is 0 Å². The van der Waals surface area contributed by atoms with Crippen LogP contribution in [0.2, 0.25) is 26.2 Å². The standard InChI is InChI=1S/C8H23NO2Si2/c1-10-7(12(3)4)9-8(11-2)13(5)6/h7-9,12-13H,1-6H3. The van der Waals surface area contributed by atoms with Crippen LogP contribution in [0.25, 0.3) is 0 Å². The Labute approximate surface area is 85.0 Å². The molecule has 0 saturated carbocycles. The van der Waals surface area contributed by atoms with Gasteiger partial charge in [0.25, 0.3) is 0 Å². The Balaban J connectivity index is 4.03. The average molecular weight is 221 g/mol. The van der Waals surface area contributed by atoms with Gasteiger partial charge in [-0.05, 0) is 0 Å². The van der Waals surface area contributed by atoms with Crippen molar-refractivity contribution in [1.29, 1.82) is 0 Å². The van der Waals surface area contributed by atoms with Gasteiger partial charge in [-0.3, -0.25) is 5.32 Å². The molecule has 0 aromatic heterocycles. The third-order valence-electron chi connectivity index (χ3n) is 2.05. The van der Waals surface area contributed by atoms with Crippen molar-refractivity contribution in [3.05, 3.63) is 0 Å². The normalized spacial score (nSPS) is 16.6. The van der Waals surface area contributed by atoms with Crippen LogP contribution in [0.3, 0.4) is 0 Å². The zero-order chi connectivity index (χ0) is 10.4. The molecule has 2 atom stereocenters. The van der Waals surface area contributed by atoms with E-state index in [2.05, 4.69) is 31.5 Å². The molecular formula is C8H23NO2Si2. The van der Waals surface area contributed by atoms with Crippen molar-refractivity contribution < 1.29 is 9.47 Å². The van der Waals surface area contributed by atoms with Crippen LogP contribution in [0.5, 0.6) is 0 Å². The Hall–Kier alpha value is 0.314. The molecule has 0 radical (unpaired) electrons. The van der Waals surface area contributed by atoms with Crippen molar-refractivity contribution in [3.63, 3.8) is 0 Å². The number of methoxy groups -OCH3 is 2. The van der Waals surface area contributed by atoms with Gasteiger partial charge >= 0.3 is 0 Å². The summed E-state index contributed by atoms with van der Waals surface area (Å²) in [4.78, 5) is 0. The second-order valence-electron chi connectivity index (χ2n) is 3.97. The molecule has 0 aliphatic heterocycles. The molecule has 0 spiro atoms. The highest BCUT2D eigenvalue weighted by Crippen LogP contribution is 1.99. The van der Waals surface area contributed by atoms with Crippen LogP contribution in [0.4, 0.5) is 0 Å². The van der Waals surface area contributed by atoms with Crippen LogP contribution in [0.1, 0.15) is 0 Å². The van der Waals surface area contributed by atoms with Gasteiger partial charge in [-0.15, -0.1) is 0 Å². The van der Waals surface area contributed by atoms with Crippen LogP contribution in [0.15, 0.2) is 0 Å². The molecule has 13 heavy (non-hydrogen) atoms. The maximum Gasteiger partial charge on any atom is 0.0921 e. The smallest absolute Gasteiger partial charge is 0.0921 e. The molecule has 0 aliphatic carbocycles. The summed E-state index contributed by atoms with van der Waals surface area (Å²) in [6.45, 7) is 9.09. The lowest BCUT2D eigenvalue weighted by Crippen LogP contribution is -2.52. The molecule has 0 saturated heterocycles. The van der Waals surface area contributed by atoms with E-state index in [9.17, 15) is 0 Å². The monoisotopic (exact) mass is 221 g/mol. The zero-order valence-electron chi connectivity index (χ0n) is 9.63. The number of ether oxygens (including phenoxy) is 2. The minimum absolute atomic E-state index is 0.236. The zero-order valence-corrected chi connectivity index (χ0v) is 11.9. The first-order valence-electron chi connectivity index (χ1n) is 4.84. The van der Waals surface area contributed by atoms with E-state index in [-0.39, 0.29) is 11.7 Å². The molecule has 0 fully saturated rings. The third kappa shape index (κ3) is 4.92. The predicted molar refractivity (Wildman–Crippen MR) is 62.5 cm³/mol. The second kappa shape index (κ2) is 6.72. The van der Waals surface area contributed by atoms with Crippen molar-refractivity contribution in [2.24, 2.45) is 0 Å². The lowest BCUT2D eigenvalue weighted by atomic mass is 11.0. The molecule has 1 N–H and O–H groups in total. The molecule has 0 aromatic carbocycles. The fourth-order valence-corrected chi connectivity index (χ4v) is 3.69. The first-order valence-corrected chi connectivity index (χ1v) is 10.8. The van der Waals surface area contributed by atoms with E-state index in [1.165, 1.54) is 0 Å². The summed E-state index contributed by atoms with van der Waals surface area (Å²) in [6.07, 6.45) is 0. The van der Waals surface area contributed by atoms with E-state index in [1.54, 1.807) is 14.2 Å². The van der Waals surface area contributed by atoms with Crippen LogP contribution < -0.4 is 5.32 Å². The van der Waals surface area contributed by atoms with Gasteiger partial charge in [-0.2, -0.15) is 0 Å². The van der Waals surface area contributed by atoms with Crippen molar-refractivity contribution in [1.82, 2.24) is 5.32 Å². The predicted octanol–water partition coefficient (Wildman–Crippen LogP) is 0.573. The first-order chi connectivity index (χ1) is 6.02. The summed E-state index contributed by atoms with van der Waals surface area (Å²) < 4.78 is 10.8. The number of rotatable bonds is 6. The van der Waals surface area contributed by atoms with Crippen molar-refractivity contribution in [2.75, 3.05) is 14.2 Å². The summed E-state index contributed by atoms with van der Waals surface area (Å²) >= 11 is 0. The first kappa shape index (κ1) is 13.3. The molecule has 2 unspecified atom stereocenters. The van der Waals surface area contributed by atoms with Crippen molar-refractivity contribution >= 4 is 17.6 Å². The molecule has 0 rings (SSSR count). The van der Waals surface area contributed by atoms with Gasteiger partial charge in [0.2, 0.25) is 0 Å². The minimum atomic E-state index is -0.788. The summed E-state index contributed by atoms with van der Waals surface area (Å²) in [6, 6.07) is 0. The van der Waals surface area contributed by atoms with Gasteiger partial charge in [0, 0.05) is 14.2 Å². The Morgan fingerprint density at radius 2 is 1.15 bits per heavy atom. The highest BCUT2D eigenvalue weighted by Gasteiger charge is 2.20. The maximum atomic E-state index is 5.39. The lowest BCUT2D eigenvalue weighted by molar-refractivity contribution is 0.0589. The lowest BCUT2D eigenvalue weighted by Gasteiger charge is -2.27. The van der Waals surface area contributed by atoms with E-state index in [0.717, 1.165) is 0 Å². The van der Waals surface area contributed by atoms with Crippen LogP contribution in [-0.2, 0) is 9.47 Å². The Bertz CT molecular complexity index is 119. The fourth-order valence-electron chi connectivity index (χ4n) is 1.23. The van der Waals surface area contributed by atoms with E-state index in [4.69, 9.17) is 9.47 Å². The highest BCUT2D eigenvalue weighted by atomic mass is 28.3. The molecule has 5 heteroatoms. The van der Waals surface area contributed by atoms with Crippen molar-refractivity contribution in [2.45, 2.75) is 37.9 Å². The van der Waals surface area contributed by atoms with Gasteiger partial charge < -0.3 is 9.47 Å². The maximum absolute atomic E-state index is 5.39. The van der Waals surface area contributed by atoms with Crippen molar-refractivity contribution in [3.8, 4) is 0 Å². The summed E-state index contributed by atoms with van der Waals surface area (Å²) in [5, 5.41) is 3.43. The summed E-state index contributed by atoms with van der Waals surface area (Å²) in [7, 11) is 1.95. The quantitative estimate of drug-likeness (QED) is 0.525. The Morgan fingerprint density at radius 1 is 0.846 bits per heavy atom. The highest BCUT2D eigenvalue weighted by molar-refractivity contribution is 6.58. The fraction of sp³-hybridized carbons (Fsp3) is 1.00. The topological polar surface area (TPSA) is 30.5 Å². The van der Waals surface area contributed by atoms with Gasteiger partial charge in [-0.1, -0.05) is 26.2 Å². The van der Waals surface area contributed by atoms with Gasteiger partial charge in [0.05, 0.1) is 29.3 Å². The van der Waals surface area contributed by atoms with Crippen LogP contribution in [-0.4, -0.2) is 43.5 Å².